The minimum absolute atomic E-state index is 0.198. The Balaban J connectivity index is 1.89. The zero-order chi connectivity index (χ0) is 13.9. The molecule has 2 aromatic rings. The monoisotopic (exact) mass is 269 g/mol. The summed E-state index contributed by atoms with van der Waals surface area (Å²) in [5.74, 6) is -0.198. The lowest BCUT2D eigenvalue weighted by Crippen LogP contribution is -2.11. The molecular formula is C16H19N3O. The molecule has 1 heterocycles. The summed E-state index contributed by atoms with van der Waals surface area (Å²) in [4.78, 5) is 15.8. The lowest BCUT2D eigenvalue weighted by molar-refractivity contribution is -0.111. The molecule has 0 bridgehead atoms. The SMILES string of the molecule is C=CC(=O)Nc1ccc2c(c1)ncn2C1CCCCC1. The first kappa shape index (κ1) is 12.9. The zero-order valence-electron chi connectivity index (χ0n) is 11.5. The Hall–Kier alpha value is -2.10. The largest absolute Gasteiger partial charge is 0.327 e. The molecule has 1 saturated carbocycles. The highest BCUT2D eigenvalue weighted by molar-refractivity contribution is 5.99. The van der Waals surface area contributed by atoms with Gasteiger partial charge in [-0.3, -0.25) is 4.79 Å². The Kier molecular flexibility index (Phi) is 3.54. The Morgan fingerprint density at radius 2 is 2.15 bits per heavy atom. The zero-order valence-corrected chi connectivity index (χ0v) is 11.5. The van der Waals surface area contributed by atoms with Crippen LogP contribution in [0.1, 0.15) is 38.1 Å². The number of aromatic nitrogens is 2. The fourth-order valence-electron chi connectivity index (χ4n) is 2.95. The van der Waals surface area contributed by atoms with E-state index in [1.165, 1.54) is 38.2 Å². The van der Waals surface area contributed by atoms with Crippen LogP contribution in [-0.2, 0) is 4.79 Å². The second-order valence-electron chi connectivity index (χ2n) is 5.34. The van der Waals surface area contributed by atoms with Gasteiger partial charge >= 0.3 is 0 Å². The van der Waals surface area contributed by atoms with Gasteiger partial charge in [0.1, 0.15) is 0 Å². The van der Waals surface area contributed by atoms with E-state index in [0.717, 1.165) is 16.7 Å². The third-order valence-electron chi connectivity index (χ3n) is 4.00. The van der Waals surface area contributed by atoms with E-state index in [9.17, 15) is 4.79 Å². The lowest BCUT2D eigenvalue weighted by Gasteiger charge is -2.23. The van der Waals surface area contributed by atoms with Crippen LogP contribution in [0, 0.1) is 0 Å². The molecule has 0 spiro atoms. The molecule has 4 heteroatoms. The highest BCUT2D eigenvalue weighted by atomic mass is 16.1. The van der Waals surface area contributed by atoms with Gasteiger partial charge in [-0.1, -0.05) is 25.8 Å². The number of benzene rings is 1. The predicted molar refractivity (Wildman–Crippen MR) is 80.7 cm³/mol. The van der Waals surface area contributed by atoms with E-state index in [-0.39, 0.29) is 5.91 Å². The topological polar surface area (TPSA) is 46.9 Å². The molecule has 0 saturated heterocycles. The summed E-state index contributed by atoms with van der Waals surface area (Å²) in [6.07, 6.45) is 9.63. The smallest absolute Gasteiger partial charge is 0.247 e. The van der Waals surface area contributed by atoms with Gasteiger partial charge in [-0.25, -0.2) is 4.98 Å². The average molecular weight is 269 g/mol. The van der Waals surface area contributed by atoms with Crippen molar-refractivity contribution in [2.45, 2.75) is 38.1 Å². The van der Waals surface area contributed by atoms with Crippen molar-refractivity contribution < 1.29 is 4.79 Å². The quantitative estimate of drug-likeness (QED) is 0.864. The summed E-state index contributed by atoms with van der Waals surface area (Å²) in [5.41, 5.74) is 2.84. The Bertz CT molecular complexity index is 638. The van der Waals surface area contributed by atoms with E-state index in [2.05, 4.69) is 21.4 Å². The third-order valence-corrected chi connectivity index (χ3v) is 4.00. The van der Waals surface area contributed by atoms with E-state index in [0.29, 0.717) is 6.04 Å². The Morgan fingerprint density at radius 1 is 1.35 bits per heavy atom. The van der Waals surface area contributed by atoms with Crippen molar-refractivity contribution in [2.75, 3.05) is 5.32 Å². The Morgan fingerprint density at radius 3 is 2.90 bits per heavy atom. The molecule has 1 aromatic carbocycles. The van der Waals surface area contributed by atoms with Crippen molar-refractivity contribution in [1.29, 1.82) is 0 Å². The first-order valence-corrected chi connectivity index (χ1v) is 7.18. The van der Waals surface area contributed by atoms with Gasteiger partial charge in [0.15, 0.2) is 0 Å². The van der Waals surface area contributed by atoms with E-state index in [1.54, 1.807) is 0 Å². The molecule has 1 N–H and O–H groups in total. The van der Waals surface area contributed by atoms with Crippen LogP contribution in [-0.4, -0.2) is 15.5 Å². The third kappa shape index (κ3) is 2.46. The predicted octanol–water partition coefficient (Wildman–Crippen LogP) is 3.67. The number of rotatable bonds is 3. The summed E-state index contributed by atoms with van der Waals surface area (Å²) in [7, 11) is 0. The van der Waals surface area contributed by atoms with Gasteiger partial charge in [-0.05, 0) is 37.1 Å². The molecule has 1 fully saturated rings. The maximum Gasteiger partial charge on any atom is 0.247 e. The van der Waals surface area contributed by atoms with Gasteiger partial charge in [-0.2, -0.15) is 0 Å². The number of hydrogen-bond donors (Lipinski definition) is 1. The number of amides is 1. The van der Waals surface area contributed by atoms with Crippen molar-refractivity contribution in [2.24, 2.45) is 0 Å². The molecule has 104 valence electrons. The van der Waals surface area contributed by atoms with Crippen LogP contribution in [0.25, 0.3) is 11.0 Å². The highest BCUT2D eigenvalue weighted by Crippen LogP contribution is 2.31. The number of nitrogens with one attached hydrogen (secondary N) is 1. The number of fused-ring (bicyclic) bond motifs is 1. The summed E-state index contributed by atoms with van der Waals surface area (Å²) in [5, 5.41) is 2.77. The van der Waals surface area contributed by atoms with Crippen molar-refractivity contribution in [1.82, 2.24) is 9.55 Å². The molecule has 0 radical (unpaired) electrons. The first-order valence-electron chi connectivity index (χ1n) is 7.18. The minimum atomic E-state index is -0.198. The van der Waals surface area contributed by atoms with Gasteiger partial charge in [-0.15, -0.1) is 0 Å². The fourth-order valence-corrected chi connectivity index (χ4v) is 2.95. The van der Waals surface area contributed by atoms with E-state index >= 15 is 0 Å². The van der Waals surface area contributed by atoms with Gasteiger partial charge in [0, 0.05) is 11.7 Å². The van der Waals surface area contributed by atoms with Crippen LogP contribution in [0.5, 0.6) is 0 Å². The van der Waals surface area contributed by atoms with Gasteiger partial charge in [0.2, 0.25) is 5.91 Å². The molecule has 1 amide bonds. The molecule has 20 heavy (non-hydrogen) atoms. The number of anilines is 1. The van der Waals surface area contributed by atoms with Crippen molar-refractivity contribution in [3.8, 4) is 0 Å². The molecule has 1 aliphatic carbocycles. The maximum absolute atomic E-state index is 11.3. The van der Waals surface area contributed by atoms with Gasteiger partial charge in [0.25, 0.3) is 0 Å². The summed E-state index contributed by atoms with van der Waals surface area (Å²) >= 11 is 0. The van der Waals surface area contributed by atoms with Crippen LogP contribution < -0.4 is 5.32 Å². The molecule has 4 nitrogen and oxygen atoms in total. The molecule has 1 aliphatic rings. The normalized spacial score (nSPS) is 16.2. The second kappa shape index (κ2) is 5.49. The van der Waals surface area contributed by atoms with Crippen molar-refractivity contribution >= 4 is 22.6 Å². The fraction of sp³-hybridized carbons (Fsp3) is 0.375. The van der Waals surface area contributed by atoms with Crippen LogP contribution in [0.3, 0.4) is 0 Å². The van der Waals surface area contributed by atoms with Crippen LogP contribution >= 0.6 is 0 Å². The first-order chi connectivity index (χ1) is 9.78. The number of imidazole rings is 1. The molecule has 0 unspecified atom stereocenters. The number of carbonyl (C=O) groups is 1. The highest BCUT2D eigenvalue weighted by Gasteiger charge is 2.17. The van der Waals surface area contributed by atoms with E-state index < -0.39 is 0 Å². The van der Waals surface area contributed by atoms with Crippen molar-refractivity contribution in [3.05, 3.63) is 37.2 Å². The number of carbonyl (C=O) groups excluding carboxylic acids is 1. The summed E-state index contributed by atoms with van der Waals surface area (Å²) in [6, 6.07) is 6.44. The average Bonchev–Trinajstić information content (AvgIpc) is 2.91. The molecule has 3 rings (SSSR count). The van der Waals surface area contributed by atoms with Gasteiger partial charge in [0.05, 0.1) is 17.4 Å². The van der Waals surface area contributed by atoms with Crippen molar-refractivity contribution in [3.63, 3.8) is 0 Å². The summed E-state index contributed by atoms with van der Waals surface area (Å²) < 4.78 is 2.29. The molecule has 0 aliphatic heterocycles. The number of nitrogens with zero attached hydrogens (tertiary/aromatic N) is 2. The van der Waals surface area contributed by atoms with E-state index in [1.807, 2.05) is 24.5 Å². The van der Waals surface area contributed by atoms with Gasteiger partial charge < -0.3 is 9.88 Å². The maximum atomic E-state index is 11.3. The summed E-state index contributed by atoms with van der Waals surface area (Å²) in [6.45, 7) is 3.45. The van der Waals surface area contributed by atoms with Crippen LogP contribution in [0.4, 0.5) is 5.69 Å². The second-order valence-corrected chi connectivity index (χ2v) is 5.34. The van der Waals surface area contributed by atoms with Crippen LogP contribution in [0.2, 0.25) is 0 Å². The Labute approximate surface area is 118 Å². The molecule has 0 atom stereocenters. The molecule has 1 aromatic heterocycles. The standard InChI is InChI=1S/C16H19N3O/c1-2-16(20)18-12-8-9-15-14(10-12)17-11-19(15)13-6-4-3-5-7-13/h2,8-11,13H,1,3-7H2,(H,18,20). The minimum Gasteiger partial charge on any atom is -0.327 e. The van der Waals surface area contributed by atoms with Crippen LogP contribution in [0.15, 0.2) is 37.2 Å². The number of hydrogen-bond acceptors (Lipinski definition) is 2. The van der Waals surface area contributed by atoms with E-state index in [4.69, 9.17) is 0 Å². The molecular weight excluding hydrogens is 250 g/mol. The lowest BCUT2D eigenvalue weighted by atomic mass is 9.95.